The van der Waals surface area contributed by atoms with E-state index in [1.165, 1.54) is 24.8 Å². The molecule has 0 aromatic heterocycles. The van der Waals surface area contributed by atoms with Crippen LogP contribution in [0.1, 0.15) is 37.7 Å². The maximum atomic E-state index is 3.85. The Labute approximate surface area is 113 Å². The summed E-state index contributed by atoms with van der Waals surface area (Å²) in [6.07, 6.45) is 4.03. The average Bonchev–Trinajstić information content (AvgIpc) is 2.29. The molecule has 1 aromatic carbocycles. The van der Waals surface area contributed by atoms with Gasteiger partial charge < -0.3 is 0 Å². The van der Waals surface area contributed by atoms with E-state index in [0.717, 1.165) is 20.9 Å². The van der Waals surface area contributed by atoms with Crippen molar-refractivity contribution in [3.05, 3.63) is 35.9 Å². The molecular weight excluding hydrogens is 327 g/mol. The van der Waals surface area contributed by atoms with Gasteiger partial charge in [0, 0.05) is 0 Å². The Kier molecular flexibility index (Phi) is 4.15. The van der Waals surface area contributed by atoms with Gasteiger partial charge in [-0.15, -0.1) is 0 Å². The normalized spacial score (nSPS) is 34.9. The number of benzene rings is 1. The summed E-state index contributed by atoms with van der Waals surface area (Å²) in [6, 6.07) is 11.0. The van der Waals surface area contributed by atoms with E-state index in [1.54, 1.807) is 0 Å². The molecule has 0 nitrogen and oxygen atoms in total. The van der Waals surface area contributed by atoms with Gasteiger partial charge >= 0.3 is 114 Å². The van der Waals surface area contributed by atoms with Gasteiger partial charge in [0.25, 0.3) is 0 Å². The molecule has 16 heavy (non-hydrogen) atoms. The number of rotatable bonds is 2. The summed E-state index contributed by atoms with van der Waals surface area (Å²) >= 11 is 4.59. The van der Waals surface area contributed by atoms with Crippen molar-refractivity contribution in [3.8, 4) is 0 Å². The molecule has 0 bridgehead atoms. The van der Waals surface area contributed by atoms with Gasteiger partial charge in [-0.3, -0.25) is 0 Å². The van der Waals surface area contributed by atoms with Crippen molar-refractivity contribution in [2.75, 3.05) is 0 Å². The molecule has 2 rings (SSSR count). The Hall–Kier alpha value is 0.219. The maximum absolute atomic E-state index is 3.85. The monoisotopic (exact) mass is 346 g/mol. The number of hydrogen-bond donors (Lipinski definition) is 0. The van der Waals surface area contributed by atoms with Crippen LogP contribution >= 0.6 is 15.9 Å². The van der Waals surface area contributed by atoms with Crippen LogP contribution in [-0.4, -0.2) is 19.8 Å². The van der Waals surface area contributed by atoms with Gasteiger partial charge in [0.15, 0.2) is 0 Å². The zero-order valence-electron chi connectivity index (χ0n) is 9.95. The van der Waals surface area contributed by atoms with Crippen LogP contribution in [0.4, 0.5) is 0 Å². The van der Waals surface area contributed by atoms with E-state index in [1.807, 2.05) is 0 Å². The van der Waals surface area contributed by atoms with Crippen molar-refractivity contribution in [1.82, 2.24) is 0 Å². The molecule has 3 atom stereocenters. The van der Waals surface area contributed by atoms with Gasteiger partial charge in [-0.1, -0.05) is 0 Å². The van der Waals surface area contributed by atoms with Crippen LogP contribution in [0.25, 0.3) is 0 Å². The summed E-state index contributed by atoms with van der Waals surface area (Å²) in [4.78, 5) is 0.707. The molecule has 0 aliphatic heterocycles. The second-order valence-electron chi connectivity index (χ2n) is 5.00. The van der Waals surface area contributed by atoms with Crippen LogP contribution < -0.4 is 0 Å². The molecular formula is C14H19BrSe. The average molecular weight is 346 g/mol. The van der Waals surface area contributed by atoms with Crippen LogP contribution in [-0.2, 0) is 0 Å². The van der Waals surface area contributed by atoms with E-state index in [9.17, 15) is 0 Å². The van der Waals surface area contributed by atoms with Gasteiger partial charge in [-0.25, -0.2) is 0 Å². The molecule has 1 saturated carbocycles. The molecule has 1 aliphatic carbocycles. The fraction of sp³-hybridized carbons (Fsp3) is 0.571. The number of alkyl halides is 1. The van der Waals surface area contributed by atoms with Crippen molar-refractivity contribution in [2.45, 2.75) is 47.1 Å². The van der Waals surface area contributed by atoms with Crippen molar-refractivity contribution in [2.24, 2.45) is 0 Å². The van der Waals surface area contributed by atoms with Gasteiger partial charge in [-0.2, -0.15) is 0 Å². The van der Waals surface area contributed by atoms with E-state index in [-0.39, 0.29) is 0 Å². The van der Waals surface area contributed by atoms with Crippen LogP contribution in [0, 0.1) is 0 Å². The first kappa shape index (κ1) is 12.7. The molecule has 1 unspecified atom stereocenters. The summed E-state index contributed by atoms with van der Waals surface area (Å²) in [6.45, 7) is 2.47. The van der Waals surface area contributed by atoms with Crippen molar-refractivity contribution in [3.63, 3.8) is 0 Å². The standard InChI is InChI=1S/C14H19BrSe/c1-14(16-2)9-12(8-13(15)10-14)11-6-4-3-5-7-11/h3-7,12-13H,8-10H2,1-2H3/t12-,13?,14-/m0/s1. The topological polar surface area (TPSA) is 0 Å². The predicted molar refractivity (Wildman–Crippen MR) is 75.7 cm³/mol. The first-order valence-corrected chi connectivity index (χ1v) is 9.36. The van der Waals surface area contributed by atoms with E-state index in [2.05, 4.69) is 59.0 Å². The van der Waals surface area contributed by atoms with Gasteiger partial charge in [0.2, 0.25) is 0 Å². The quantitative estimate of drug-likeness (QED) is 0.540. The van der Waals surface area contributed by atoms with Crippen LogP contribution in [0.15, 0.2) is 30.3 Å². The Bertz CT molecular complexity index is 338. The first-order valence-electron chi connectivity index (χ1n) is 5.87. The van der Waals surface area contributed by atoms with Gasteiger partial charge in [0.1, 0.15) is 0 Å². The van der Waals surface area contributed by atoms with E-state index >= 15 is 0 Å². The zero-order valence-corrected chi connectivity index (χ0v) is 13.2. The SMILES string of the molecule is C[Se][C@]1(C)CC(Br)C[C@H](c2ccccc2)C1. The molecule has 0 N–H and O–H groups in total. The molecule has 0 amide bonds. The van der Waals surface area contributed by atoms with Crippen LogP contribution in [0.3, 0.4) is 0 Å². The summed E-state index contributed by atoms with van der Waals surface area (Å²) in [5, 5.41) is 0. The first-order chi connectivity index (χ1) is 7.63. The third-order valence-electron chi connectivity index (χ3n) is 3.64. The Morgan fingerprint density at radius 2 is 1.94 bits per heavy atom. The number of halogens is 1. The molecule has 1 aromatic rings. The minimum atomic E-state index is 0.583. The third-order valence-corrected chi connectivity index (χ3v) is 7.10. The fourth-order valence-corrected chi connectivity index (χ4v) is 5.89. The Morgan fingerprint density at radius 1 is 1.25 bits per heavy atom. The third kappa shape index (κ3) is 2.91. The van der Waals surface area contributed by atoms with Crippen LogP contribution in [0.5, 0.6) is 0 Å². The minimum absolute atomic E-state index is 0.583. The van der Waals surface area contributed by atoms with E-state index in [0.29, 0.717) is 9.14 Å². The summed E-state index contributed by atoms with van der Waals surface area (Å²) in [7, 11) is 0. The molecule has 2 heteroatoms. The zero-order chi connectivity index (χ0) is 11.6. The van der Waals surface area contributed by atoms with Crippen molar-refractivity contribution >= 4 is 30.9 Å². The van der Waals surface area contributed by atoms with Gasteiger partial charge in [-0.05, 0) is 0 Å². The molecule has 0 radical (unpaired) electrons. The Morgan fingerprint density at radius 3 is 2.56 bits per heavy atom. The van der Waals surface area contributed by atoms with E-state index < -0.39 is 0 Å². The summed E-state index contributed by atoms with van der Waals surface area (Å²) in [5.41, 5.74) is 1.53. The van der Waals surface area contributed by atoms with Crippen molar-refractivity contribution < 1.29 is 0 Å². The summed E-state index contributed by atoms with van der Waals surface area (Å²) < 4.78 is 0.583. The second-order valence-corrected chi connectivity index (χ2v) is 9.22. The molecule has 1 fully saturated rings. The van der Waals surface area contributed by atoms with E-state index in [4.69, 9.17) is 0 Å². The van der Waals surface area contributed by atoms with Crippen molar-refractivity contribution in [1.29, 1.82) is 0 Å². The molecule has 0 spiro atoms. The Balaban J connectivity index is 2.17. The summed E-state index contributed by atoms with van der Waals surface area (Å²) in [5.74, 6) is 3.14. The second kappa shape index (κ2) is 5.25. The number of hydrogen-bond acceptors (Lipinski definition) is 0. The van der Waals surface area contributed by atoms with Gasteiger partial charge in [0.05, 0.1) is 0 Å². The molecule has 0 saturated heterocycles. The molecule has 1 aliphatic rings. The predicted octanol–water partition coefficient (Wildman–Crippen LogP) is 4.65. The fourth-order valence-electron chi connectivity index (χ4n) is 2.69. The molecule has 0 heterocycles. The van der Waals surface area contributed by atoms with Crippen LogP contribution in [0.2, 0.25) is 10.1 Å². The molecule has 88 valence electrons.